The van der Waals surface area contributed by atoms with Gasteiger partial charge in [-0.2, -0.15) is 0 Å². The highest BCUT2D eigenvalue weighted by Gasteiger charge is 2.34. The summed E-state index contributed by atoms with van der Waals surface area (Å²) in [6.07, 6.45) is 1.21. The summed E-state index contributed by atoms with van der Waals surface area (Å²) < 4.78 is 0. The van der Waals surface area contributed by atoms with Gasteiger partial charge in [0.05, 0.1) is 0 Å². The molecule has 1 fully saturated rings. The molecule has 0 spiro atoms. The molecule has 2 aromatic rings. The molecule has 1 saturated heterocycles. The Balaban J connectivity index is 0.00000161. The Labute approximate surface area is 133 Å². The lowest BCUT2D eigenvalue weighted by molar-refractivity contribution is 0.227. The van der Waals surface area contributed by atoms with E-state index in [1.807, 2.05) is 0 Å². The van der Waals surface area contributed by atoms with Crippen molar-refractivity contribution in [1.29, 1.82) is 0 Å². The predicted octanol–water partition coefficient (Wildman–Crippen LogP) is 3.99. The predicted molar refractivity (Wildman–Crippen MR) is 93.0 cm³/mol. The highest BCUT2D eigenvalue weighted by Crippen LogP contribution is 2.34. The third-order valence-electron chi connectivity index (χ3n) is 4.88. The Morgan fingerprint density at radius 1 is 1.19 bits per heavy atom. The van der Waals surface area contributed by atoms with Crippen molar-refractivity contribution < 1.29 is 0 Å². The number of benzene rings is 2. The molecule has 2 aromatic carbocycles. The minimum atomic E-state index is 0. The number of nitrogens with two attached hydrogens (primary N) is 1. The van der Waals surface area contributed by atoms with Crippen molar-refractivity contribution in [3.63, 3.8) is 0 Å². The fourth-order valence-corrected chi connectivity index (χ4v) is 3.24. The van der Waals surface area contributed by atoms with Crippen molar-refractivity contribution in [3.05, 3.63) is 48.0 Å². The molecule has 2 nitrogen and oxygen atoms in total. The van der Waals surface area contributed by atoms with Crippen LogP contribution in [0.5, 0.6) is 0 Å². The maximum Gasteiger partial charge on any atom is 0.0320 e. The molecule has 0 saturated carbocycles. The lowest BCUT2D eigenvalue weighted by Crippen LogP contribution is -2.32. The van der Waals surface area contributed by atoms with Crippen molar-refractivity contribution in [3.8, 4) is 0 Å². The van der Waals surface area contributed by atoms with E-state index >= 15 is 0 Å². The molecular formula is C18H25ClN2. The van der Waals surface area contributed by atoms with Crippen molar-refractivity contribution in [2.75, 3.05) is 19.6 Å². The third-order valence-corrected chi connectivity index (χ3v) is 4.88. The second kappa shape index (κ2) is 6.35. The van der Waals surface area contributed by atoms with Gasteiger partial charge in [0.25, 0.3) is 0 Å². The molecule has 0 radical (unpaired) electrons. The summed E-state index contributed by atoms with van der Waals surface area (Å²) in [5.41, 5.74) is 7.62. The van der Waals surface area contributed by atoms with Crippen LogP contribution in [-0.2, 0) is 0 Å². The molecular weight excluding hydrogens is 280 g/mol. The molecule has 21 heavy (non-hydrogen) atoms. The molecule has 2 unspecified atom stereocenters. The normalized spacial score (nSPS) is 24.0. The van der Waals surface area contributed by atoms with Crippen molar-refractivity contribution in [2.45, 2.75) is 26.3 Å². The van der Waals surface area contributed by atoms with E-state index in [1.54, 1.807) is 0 Å². The average Bonchev–Trinajstić information content (AvgIpc) is 2.89. The Morgan fingerprint density at radius 2 is 1.90 bits per heavy atom. The van der Waals surface area contributed by atoms with Gasteiger partial charge < -0.3 is 5.73 Å². The number of fused-ring (bicyclic) bond motifs is 1. The van der Waals surface area contributed by atoms with Crippen LogP contribution in [0.4, 0.5) is 0 Å². The fraction of sp³-hybridized carbons (Fsp3) is 0.444. The number of halogens is 1. The topological polar surface area (TPSA) is 29.3 Å². The van der Waals surface area contributed by atoms with Gasteiger partial charge in [0.15, 0.2) is 0 Å². The van der Waals surface area contributed by atoms with Gasteiger partial charge in [-0.25, -0.2) is 0 Å². The molecule has 1 heterocycles. The van der Waals surface area contributed by atoms with Crippen LogP contribution >= 0.6 is 12.4 Å². The minimum Gasteiger partial charge on any atom is -0.330 e. The Bertz CT molecular complexity index is 613. The Kier molecular flexibility index (Phi) is 4.92. The van der Waals surface area contributed by atoms with Gasteiger partial charge in [-0.3, -0.25) is 4.90 Å². The van der Waals surface area contributed by atoms with Gasteiger partial charge in [0.2, 0.25) is 0 Å². The average molecular weight is 305 g/mol. The summed E-state index contributed by atoms with van der Waals surface area (Å²) in [4.78, 5) is 2.57. The first-order valence-electron chi connectivity index (χ1n) is 7.54. The minimum absolute atomic E-state index is 0. The van der Waals surface area contributed by atoms with Gasteiger partial charge in [-0.05, 0) is 54.3 Å². The van der Waals surface area contributed by atoms with Crippen molar-refractivity contribution >= 4 is 23.2 Å². The zero-order chi connectivity index (χ0) is 14.2. The lowest BCUT2D eigenvalue weighted by Gasteiger charge is -2.27. The van der Waals surface area contributed by atoms with E-state index in [0.717, 1.165) is 19.6 Å². The Morgan fingerprint density at radius 3 is 2.57 bits per heavy atom. The van der Waals surface area contributed by atoms with E-state index in [9.17, 15) is 0 Å². The van der Waals surface area contributed by atoms with E-state index in [2.05, 4.69) is 61.2 Å². The first-order valence-corrected chi connectivity index (χ1v) is 7.54. The quantitative estimate of drug-likeness (QED) is 0.929. The first-order chi connectivity index (χ1) is 9.61. The smallest absolute Gasteiger partial charge is 0.0320 e. The largest absolute Gasteiger partial charge is 0.330 e. The summed E-state index contributed by atoms with van der Waals surface area (Å²) >= 11 is 0. The number of hydrogen-bond donors (Lipinski definition) is 1. The molecule has 3 rings (SSSR count). The highest BCUT2D eigenvalue weighted by molar-refractivity contribution is 5.85. The molecule has 0 amide bonds. The molecule has 0 aliphatic carbocycles. The van der Waals surface area contributed by atoms with Crippen molar-refractivity contribution in [2.24, 2.45) is 11.1 Å². The van der Waals surface area contributed by atoms with Gasteiger partial charge in [-0.15, -0.1) is 12.4 Å². The summed E-state index contributed by atoms with van der Waals surface area (Å²) in [5, 5.41) is 2.65. The second-order valence-corrected chi connectivity index (χ2v) is 6.52. The van der Waals surface area contributed by atoms with Gasteiger partial charge in [-0.1, -0.05) is 43.3 Å². The van der Waals surface area contributed by atoms with E-state index < -0.39 is 0 Å². The van der Waals surface area contributed by atoms with Crippen molar-refractivity contribution in [1.82, 2.24) is 4.90 Å². The number of hydrogen-bond acceptors (Lipinski definition) is 2. The zero-order valence-electron chi connectivity index (χ0n) is 12.9. The number of nitrogens with zero attached hydrogens (tertiary/aromatic N) is 1. The zero-order valence-corrected chi connectivity index (χ0v) is 13.7. The first kappa shape index (κ1) is 16.3. The van der Waals surface area contributed by atoms with Crippen LogP contribution in [0.1, 0.15) is 31.9 Å². The van der Waals surface area contributed by atoms with E-state index in [-0.39, 0.29) is 12.4 Å². The van der Waals surface area contributed by atoms with Gasteiger partial charge in [0, 0.05) is 12.6 Å². The molecule has 114 valence electrons. The van der Waals surface area contributed by atoms with E-state index in [0.29, 0.717) is 11.5 Å². The molecule has 0 bridgehead atoms. The van der Waals surface area contributed by atoms with Crippen LogP contribution in [0.3, 0.4) is 0 Å². The molecule has 3 heteroatoms. The number of likely N-dealkylation sites (tertiary alicyclic amines) is 1. The van der Waals surface area contributed by atoms with Gasteiger partial charge in [0.1, 0.15) is 0 Å². The second-order valence-electron chi connectivity index (χ2n) is 6.52. The molecule has 1 aliphatic heterocycles. The van der Waals surface area contributed by atoms with Crippen LogP contribution in [0.25, 0.3) is 10.8 Å². The maximum absolute atomic E-state index is 5.92. The summed E-state index contributed by atoms with van der Waals surface area (Å²) in [7, 11) is 0. The summed E-state index contributed by atoms with van der Waals surface area (Å²) in [6.45, 7) is 7.67. The molecule has 2 N–H and O–H groups in total. The third kappa shape index (κ3) is 3.23. The SMILES string of the molecule is CC(c1ccc2ccccc2c1)N1CCC(C)(CN)C1.Cl. The maximum atomic E-state index is 5.92. The van der Waals surface area contributed by atoms with Crippen LogP contribution < -0.4 is 5.73 Å². The highest BCUT2D eigenvalue weighted by atomic mass is 35.5. The Hall–Kier alpha value is -1.09. The summed E-state index contributed by atoms with van der Waals surface area (Å²) in [6, 6.07) is 15.9. The van der Waals surface area contributed by atoms with E-state index in [1.165, 1.54) is 22.8 Å². The van der Waals surface area contributed by atoms with E-state index in [4.69, 9.17) is 5.73 Å². The standard InChI is InChI=1S/C18H24N2.ClH/c1-14(20-10-9-18(2,12-19)13-20)16-8-7-15-5-3-4-6-17(15)11-16;/h3-8,11,14H,9-10,12-13,19H2,1-2H3;1H. The number of rotatable bonds is 3. The van der Waals surface area contributed by atoms with Crippen LogP contribution in [0, 0.1) is 5.41 Å². The monoisotopic (exact) mass is 304 g/mol. The molecule has 0 aromatic heterocycles. The van der Waals surface area contributed by atoms with Crippen LogP contribution in [-0.4, -0.2) is 24.5 Å². The fourth-order valence-electron chi connectivity index (χ4n) is 3.24. The van der Waals surface area contributed by atoms with Gasteiger partial charge >= 0.3 is 0 Å². The molecule has 1 aliphatic rings. The lowest BCUT2D eigenvalue weighted by atomic mass is 9.90. The van der Waals surface area contributed by atoms with Crippen LogP contribution in [0.2, 0.25) is 0 Å². The molecule has 2 atom stereocenters. The van der Waals surface area contributed by atoms with Crippen LogP contribution in [0.15, 0.2) is 42.5 Å². The summed E-state index contributed by atoms with van der Waals surface area (Å²) in [5.74, 6) is 0.